The quantitative estimate of drug-likeness (QED) is 0.792. The maximum atomic E-state index is 12.5. The lowest BCUT2D eigenvalue weighted by Crippen LogP contribution is -2.36. The molecule has 2 aromatic rings. The van der Waals surface area contributed by atoms with Gasteiger partial charge in [0.05, 0.1) is 10.7 Å². The van der Waals surface area contributed by atoms with Crippen LogP contribution in [0.25, 0.3) is 0 Å². The van der Waals surface area contributed by atoms with Gasteiger partial charge in [0.2, 0.25) is 0 Å². The Morgan fingerprint density at radius 3 is 2.54 bits per heavy atom. The van der Waals surface area contributed by atoms with Crippen molar-refractivity contribution in [3.63, 3.8) is 0 Å². The van der Waals surface area contributed by atoms with E-state index in [0.717, 1.165) is 25.7 Å². The second kappa shape index (κ2) is 8.52. The highest BCUT2D eigenvalue weighted by atomic mass is 35.5. The molecule has 136 valence electrons. The smallest absolute Gasteiger partial charge is 0.270 e. The summed E-state index contributed by atoms with van der Waals surface area (Å²) in [6.45, 7) is 0. The standard InChI is InChI=1S/C19H19Cl2N3O2/c20-13-6-7-15(21)16(11-13)24-18(25)12-8-9-22-17(10-12)19(26)23-14-4-2-1-3-5-14/h6-11,14H,1-5H2,(H,23,26)(H,24,25). The summed E-state index contributed by atoms with van der Waals surface area (Å²) in [7, 11) is 0. The molecule has 1 aliphatic rings. The van der Waals surface area contributed by atoms with Crippen molar-refractivity contribution >= 4 is 40.7 Å². The Morgan fingerprint density at radius 1 is 1.00 bits per heavy atom. The number of halogens is 2. The van der Waals surface area contributed by atoms with Crippen molar-refractivity contribution in [3.05, 3.63) is 57.8 Å². The van der Waals surface area contributed by atoms with Gasteiger partial charge >= 0.3 is 0 Å². The van der Waals surface area contributed by atoms with Gasteiger partial charge in [-0.2, -0.15) is 0 Å². The van der Waals surface area contributed by atoms with Crippen LogP contribution in [0, 0.1) is 0 Å². The molecule has 1 heterocycles. The molecule has 0 unspecified atom stereocenters. The molecular formula is C19H19Cl2N3O2. The minimum Gasteiger partial charge on any atom is -0.348 e. The molecule has 7 heteroatoms. The summed E-state index contributed by atoms with van der Waals surface area (Å²) in [5.41, 5.74) is 0.958. The van der Waals surface area contributed by atoms with E-state index in [1.165, 1.54) is 18.7 Å². The fraction of sp³-hybridized carbons (Fsp3) is 0.316. The molecule has 1 saturated carbocycles. The van der Waals surface area contributed by atoms with Crippen molar-refractivity contribution in [1.82, 2.24) is 10.3 Å². The summed E-state index contributed by atoms with van der Waals surface area (Å²) in [5.74, 6) is -0.643. The number of aromatic nitrogens is 1. The van der Waals surface area contributed by atoms with Crippen molar-refractivity contribution in [1.29, 1.82) is 0 Å². The second-order valence-electron chi connectivity index (χ2n) is 6.32. The van der Waals surface area contributed by atoms with Gasteiger partial charge in [0, 0.05) is 22.8 Å². The number of benzene rings is 1. The Labute approximate surface area is 162 Å². The van der Waals surface area contributed by atoms with Gasteiger partial charge in [0.15, 0.2) is 0 Å². The van der Waals surface area contributed by atoms with E-state index in [4.69, 9.17) is 23.2 Å². The van der Waals surface area contributed by atoms with E-state index < -0.39 is 0 Å². The molecule has 0 radical (unpaired) electrons. The molecule has 1 aromatic carbocycles. The molecular weight excluding hydrogens is 373 g/mol. The van der Waals surface area contributed by atoms with Crippen LogP contribution in [-0.2, 0) is 0 Å². The number of anilines is 1. The molecule has 0 atom stereocenters. The van der Waals surface area contributed by atoms with Crippen molar-refractivity contribution < 1.29 is 9.59 Å². The molecule has 5 nitrogen and oxygen atoms in total. The van der Waals surface area contributed by atoms with E-state index >= 15 is 0 Å². The third kappa shape index (κ3) is 4.74. The normalized spacial score (nSPS) is 14.7. The molecule has 3 rings (SSSR count). The minimum atomic E-state index is -0.386. The van der Waals surface area contributed by atoms with Gasteiger partial charge in [-0.25, -0.2) is 0 Å². The van der Waals surface area contributed by atoms with E-state index in [1.807, 2.05) is 0 Å². The average Bonchev–Trinajstić information content (AvgIpc) is 2.65. The van der Waals surface area contributed by atoms with Gasteiger partial charge in [-0.1, -0.05) is 42.5 Å². The van der Waals surface area contributed by atoms with Gasteiger partial charge in [-0.3, -0.25) is 14.6 Å². The third-order valence-corrected chi connectivity index (χ3v) is 4.94. The summed E-state index contributed by atoms with van der Waals surface area (Å²) in [6, 6.07) is 8.02. The fourth-order valence-corrected chi connectivity index (χ4v) is 3.33. The SMILES string of the molecule is O=C(Nc1cc(Cl)ccc1Cl)c1ccnc(C(=O)NC2CCCCC2)c1. The number of hydrogen-bond donors (Lipinski definition) is 2. The molecule has 1 fully saturated rings. The van der Waals surface area contributed by atoms with Crippen LogP contribution < -0.4 is 10.6 Å². The van der Waals surface area contributed by atoms with E-state index in [0.29, 0.717) is 21.3 Å². The van der Waals surface area contributed by atoms with Gasteiger partial charge in [-0.15, -0.1) is 0 Å². The highest BCUT2D eigenvalue weighted by Gasteiger charge is 2.18. The summed E-state index contributed by atoms with van der Waals surface area (Å²) in [4.78, 5) is 29.0. The number of pyridine rings is 1. The molecule has 0 saturated heterocycles. The maximum Gasteiger partial charge on any atom is 0.270 e. The highest BCUT2D eigenvalue weighted by molar-refractivity contribution is 6.35. The Hall–Kier alpha value is -2.11. The lowest BCUT2D eigenvalue weighted by molar-refractivity contribution is 0.0922. The monoisotopic (exact) mass is 391 g/mol. The third-order valence-electron chi connectivity index (χ3n) is 4.37. The van der Waals surface area contributed by atoms with E-state index in [-0.39, 0.29) is 23.6 Å². The number of amides is 2. The van der Waals surface area contributed by atoms with Crippen molar-refractivity contribution in [2.45, 2.75) is 38.1 Å². The van der Waals surface area contributed by atoms with E-state index in [2.05, 4.69) is 15.6 Å². The molecule has 0 aliphatic heterocycles. The number of rotatable bonds is 4. The van der Waals surface area contributed by atoms with Crippen LogP contribution >= 0.6 is 23.2 Å². The summed E-state index contributed by atoms with van der Waals surface area (Å²) in [5, 5.41) is 6.54. The number of carbonyl (C=O) groups is 2. The first kappa shape index (κ1) is 18.7. The minimum absolute atomic E-state index is 0.181. The molecule has 1 aromatic heterocycles. The van der Waals surface area contributed by atoms with Crippen LogP contribution in [0.3, 0.4) is 0 Å². The topological polar surface area (TPSA) is 71.1 Å². The van der Waals surface area contributed by atoms with Gasteiger partial charge in [-0.05, 0) is 43.2 Å². The van der Waals surface area contributed by atoms with E-state index in [1.54, 1.807) is 24.3 Å². The summed E-state index contributed by atoms with van der Waals surface area (Å²) < 4.78 is 0. The first-order valence-electron chi connectivity index (χ1n) is 8.56. The Bertz CT molecular complexity index is 820. The number of hydrogen-bond acceptors (Lipinski definition) is 3. The molecule has 2 amide bonds. The summed E-state index contributed by atoms with van der Waals surface area (Å²) in [6.07, 6.45) is 6.89. The van der Waals surface area contributed by atoms with Crippen LogP contribution in [0.2, 0.25) is 10.0 Å². The zero-order valence-electron chi connectivity index (χ0n) is 14.1. The van der Waals surface area contributed by atoms with Gasteiger partial charge in [0.1, 0.15) is 5.69 Å². The number of carbonyl (C=O) groups excluding carboxylic acids is 2. The lowest BCUT2D eigenvalue weighted by atomic mass is 9.95. The predicted molar refractivity (Wildman–Crippen MR) is 103 cm³/mol. The molecule has 1 aliphatic carbocycles. The zero-order valence-corrected chi connectivity index (χ0v) is 15.6. The van der Waals surface area contributed by atoms with Crippen molar-refractivity contribution in [3.8, 4) is 0 Å². The lowest BCUT2D eigenvalue weighted by Gasteiger charge is -2.22. The Kier molecular flexibility index (Phi) is 6.12. The first-order valence-corrected chi connectivity index (χ1v) is 9.32. The van der Waals surface area contributed by atoms with E-state index in [9.17, 15) is 9.59 Å². The Morgan fingerprint density at radius 2 is 1.77 bits per heavy atom. The van der Waals surface area contributed by atoms with Gasteiger partial charge < -0.3 is 10.6 Å². The molecule has 2 N–H and O–H groups in total. The highest BCUT2D eigenvalue weighted by Crippen LogP contribution is 2.26. The van der Waals surface area contributed by atoms with Crippen LogP contribution in [0.1, 0.15) is 53.0 Å². The largest absolute Gasteiger partial charge is 0.348 e. The zero-order chi connectivity index (χ0) is 18.5. The fourth-order valence-electron chi connectivity index (χ4n) is 2.99. The van der Waals surface area contributed by atoms with Crippen LogP contribution in [0.15, 0.2) is 36.5 Å². The maximum absolute atomic E-state index is 12.5. The van der Waals surface area contributed by atoms with Crippen molar-refractivity contribution in [2.24, 2.45) is 0 Å². The van der Waals surface area contributed by atoms with Crippen molar-refractivity contribution in [2.75, 3.05) is 5.32 Å². The molecule has 0 bridgehead atoms. The van der Waals surface area contributed by atoms with Crippen LogP contribution in [-0.4, -0.2) is 22.8 Å². The van der Waals surface area contributed by atoms with Gasteiger partial charge in [0.25, 0.3) is 11.8 Å². The number of nitrogens with one attached hydrogen (secondary N) is 2. The molecule has 26 heavy (non-hydrogen) atoms. The summed E-state index contributed by atoms with van der Waals surface area (Å²) >= 11 is 12.0. The average molecular weight is 392 g/mol. The van der Waals surface area contributed by atoms with Crippen LogP contribution in [0.5, 0.6) is 0 Å². The number of nitrogens with zero attached hydrogens (tertiary/aromatic N) is 1. The first-order chi connectivity index (χ1) is 12.5. The van der Waals surface area contributed by atoms with Crippen LogP contribution in [0.4, 0.5) is 5.69 Å². The predicted octanol–water partition coefficient (Wildman–Crippen LogP) is 4.70. The second-order valence-corrected chi connectivity index (χ2v) is 7.16. The molecule has 0 spiro atoms. The Balaban J connectivity index is 1.70.